The zero-order chi connectivity index (χ0) is 21.0. The van der Waals surface area contributed by atoms with Crippen LogP contribution >= 0.6 is 11.8 Å². The van der Waals surface area contributed by atoms with Gasteiger partial charge in [-0.3, -0.25) is 14.2 Å². The van der Waals surface area contributed by atoms with Gasteiger partial charge in [0.05, 0.1) is 16.7 Å². The smallest absolute Gasteiger partial charge is 0.262 e. The second-order valence-corrected chi connectivity index (χ2v) is 8.33. The van der Waals surface area contributed by atoms with Crippen LogP contribution in [0.4, 0.5) is 4.39 Å². The zero-order valence-corrected chi connectivity index (χ0v) is 17.6. The Kier molecular flexibility index (Phi) is 6.69. The fourth-order valence-corrected chi connectivity index (χ4v) is 3.97. The molecule has 0 aliphatic heterocycles. The normalized spacial score (nSPS) is 11.2. The van der Waals surface area contributed by atoms with E-state index in [2.05, 4.69) is 4.98 Å². The summed E-state index contributed by atoms with van der Waals surface area (Å²) in [5.41, 5.74) is 1.26. The van der Waals surface area contributed by atoms with Crippen LogP contribution in [0, 0.1) is 11.7 Å². The maximum Gasteiger partial charge on any atom is 0.262 e. The predicted octanol–water partition coefficient (Wildman–Crippen LogP) is 3.94. The number of hydrogen-bond acceptors (Lipinski definition) is 4. The molecule has 7 heteroatoms. The molecule has 0 N–H and O–H groups in total. The first kappa shape index (κ1) is 21.0. The molecule has 0 aliphatic rings. The lowest BCUT2D eigenvalue weighted by atomic mass is 10.2. The lowest BCUT2D eigenvalue weighted by Gasteiger charge is -2.18. The second kappa shape index (κ2) is 9.22. The van der Waals surface area contributed by atoms with E-state index in [1.807, 2.05) is 26.0 Å². The third kappa shape index (κ3) is 5.23. The molecule has 0 aliphatic carbocycles. The van der Waals surface area contributed by atoms with E-state index in [4.69, 9.17) is 0 Å². The van der Waals surface area contributed by atoms with E-state index in [9.17, 15) is 14.0 Å². The highest BCUT2D eigenvalue weighted by Crippen LogP contribution is 2.19. The summed E-state index contributed by atoms with van der Waals surface area (Å²) in [7, 11) is 1.68. The van der Waals surface area contributed by atoms with Crippen LogP contribution in [-0.4, -0.2) is 33.2 Å². The number of para-hydroxylation sites is 1. The summed E-state index contributed by atoms with van der Waals surface area (Å²) in [6.07, 6.45) is 0. The SMILES string of the molecule is CC(C)Cn1c(SCC(=O)N(C)Cc2cccc(F)c2)nc2ccccc2c1=O. The highest BCUT2D eigenvalue weighted by molar-refractivity contribution is 7.99. The van der Waals surface area contributed by atoms with Crippen molar-refractivity contribution in [3.8, 4) is 0 Å². The number of halogens is 1. The first-order valence-corrected chi connectivity index (χ1v) is 10.4. The van der Waals surface area contributed by atoms with Crippen LogP contribution in [0.5, 0.6) is 0 Å². The van der Waals surface area contributed by atoms with Gasteiger partial charge in [-0.15, -0.1) is 0 Å². The summed E-state index contributed by atoms with van der Waals surface area (Å²) >= 11 is 1.25. The Hall–Kier alpha value is -2.67. The molecule has 3 rings (SSSR count). The Balaban J connectivity index is 1.78. The van der Waals surface area contributed by atoms with E-state index in [1.54, 1.807) is 40.8 Å². The van der Waals surface area contributed by atoms with Crippen molar-refractivity contribution in [1.29, 1.82) is 0 Å². The zero-order valence-electron chi connectivity index (χ0n) is 16.8. The van der Waals surface area contributed by atoms with Crippen molar-refractivity contribution >= 4 is 28.6 Å². The highest BCUT2D eigenvalue weighted by atomic mass is 32.2. The van der Waals surface area contributed by atoms with Crippen LogP contribution in [-0.2, 0) is 17.9 Å². The number of carbonyl (C=O) groups is 1. The Morgan fingerprint density at radius 1 is 1.21 bits per heavy atom. The van der Waals surface area contributed by atoms with Gasteiger partial charge in [0.25, 0.3) is 5.56 Å². The molecule has 5 nitrogen and oxygen atoms in total. The van der Waals surface area contributed by atoms with E-state index >= 15 is 0 Å². The van der Waals surface area contributed by atoms with E-state index in [-0.39, 0.29) is 29.0 Å². The highest BCUT2D eigenvalue weighted by Gasteiger charge is 2.16. The van der Waals surface area contributed by atoms with Crippen LogP contribution in [0.15, 0.2) is 58.5 Å². The lowest BCUT2D eigenvalue weighted by molar-refractivity contribution is -0.127. The van der Waals surface area contributed by atoms with Gasteiger partial charge in [0, 0.05) is 20.1 Å². The topological polar surface area (TPSA) is 55.2 Å². The van der Waals surface area contributed by atoms with Gasteiger partial charge in [-0.05, 0) is 35.7 Å². The molecule has 0 atom stereocenters. The number of benzene rings is 2. The maximum absolute atomic E-state index is 13.4. The van der Waals surface area contributed by atoms with Crippen molar-refractivity contribution in [1.82, 2.24) is 14.5 Å². The summed E-state index contributed by atoms with van der Waals surface area (Å²) < 4.78 is 15.0. The average molecular weight is 414 g/mol. The van der Waals surface area contributed by atoms with Gasteiger partial charge in [-0.2, -0.15) is 0 Å². The molecular weight excluding hydrogens is 389 g/mol. The molecule has 1 heterocycles. The molecule has 1 aromatic heterocycles. The number of hydrogen-bond donors (Lipinski definition) is 0. The molecule has 3 aromatic rings. The number of aromatic nitrogens is 2. The molecule has 152 valence electrons. The van der Waals surface area contributed by atoms with Gasteiger partial charge < -0.3 is 4.90 Å². The minimum atomic E-state index is -0.323. The van der Waals surface area contributed by atoms with Gasteiger partial charge >= 0.3 is 0 Å². The van der Waals surface area contributed by atoms with Crippen molar-refractivity contribution in [3.63, 3.8) is 0 Å². The molecule has 0 radical (unpaired) electrons. The Bertz CT molecular complexity index is 1080. The van der Waals surface area contributed by atoms with Gasteiger partial charge in [0.15, 0.2) is 5.16 Å². The summed E-state index contributed by atoms with van der Waals surface area (Å²) in [6.45, 7) is 4.93. The summed E-state index contributed by atoms with van der Waals surface area (Å²) in [5, 5.41) is 1.11. The van der Waals surface area contributed by atoms with Gasteiger partial charge in [-0.1, -0.05) is 49.9 Å². The van der Waals surface area contributed by atoms with Crippen LogP contribution < -0.4 is 5.56 Å². The molecule has 0 saturated heterocycles. The van der Waals surface area contributed by atoms with Crippen molar-refractivity contribution in [2.24, 2.45) is 5.92 Å². The number of nitrogens with zero attached hydrogens (tertiary/aromatic N) is 3. The molecule has 0 saturated carbocycles. The number of thioether (sulfide) groups is 1. The minimum absolute atomic E-state index is 0.0904. The summed E-state index contributed by atoms with van der Waals surface area (Å²) in [6, 6.07) is 13.4. The fraction of sp³-hybridized carbons (Fsp3) is 0.318. The lowest BCUT2D eigenvalue weighted by Crippen LogP contribution is -2.29. The number of rotatable bonds is 7. The standard InChI is InChI=1S/C22H24FN3O2S/c1-15(2)12-26-21(28)18-9-4-5-10-19(18)24-22(26)29-14-20(27)25(3)13-16-7-6-8-17(23)11-16/h4-11,15H,12-14H2,1-3H3. The monoisotopic (exact) mass is 413 g/mol. The minimum Gasteiger partial charge on any atom is -0.341 e. The molecule has 0 fully saturated rings. The first-order valence-electron chi connectivity index (χ1n) is 9.46. The molecule has 0 bridgehead atoms. The maximum atomic E-state index is 13.4. The molecule has 0 unspecified atom stereocenters. The quantitative estimate of drug-likeness (QED) is 0.435. The molecule has 2 aromatic carbocycles. The predicted molar refractivity (Wildman–Crippen MR) is 114 cm³/mol. The summed E-state index contributed by atoms with van der Waals surface area (Å²) in [4.78, 5) is 31.7. The largest absolute Gasteiger partial charge is 0.341 e. The van der Waals surface area contributed by atoms with E-state index < -0.39 is 0 Å². The average Bonchev–Trinajstić information content (AvgIpc) is 2.68. The van der Waals surface area contributed by atoms with Crippen LogP contribution in [0.1, 0.15) is 19.4 Å². The fourth-order valence-electron chi connectivity index (χ4n) is 3.02. The van der Waals surface area contributed by atoms with Gasteiger partial charge in [0.2, 0.25) is 5.91 Å². The van der Waals surface area contributed by atoms with E-state index in [0.717, 1.165) is 5.56 Å². The Morgan fingerprint density at radius 2 is 1.97 bits per heavy atom. The number of carbonyl (C=O) groups excluding carboxylic acids is 1. The second-order valence-electron chi connectivity index (χ2n) is 7.39. The van der Waals surface area contributed by atoms with E-state index in [1.165, 1.54) is 23.9 Å². The van der Waals surface area contributed by atoms with Crippen molar-refractivity contribution < 1.29 is 9.18 Å². The van der Waals surface area contributed by atoms with Crippen LogP contribution in [0.25, 0.3) is 10.9 Å². The van der Waals surface area contributed by atoms with Crippen molar-refractivity contribution in [3.05, 3.63) is 70.3 Å². The van der Waals surface area contributed by atoms with Crippen molar-refractivity contribution in [2.45, 2.75) is 32.1 Å². The molecule has 29 heavy (non-hydrogen) atoms. The van der Waals surface area contributed by atoms with Gasteiger partial charge in [-0.25, -0.2) is 9.37 Å². The number of amides is 1. The molecule has 1 amide bonds. The van der Waals surface area contributed by atoms with Crippen LogP contribution in [0.3, 0.4) is 0 Å². The Morgan fingerprint density at radius 3 is 2.69 bits per heavy atom. The third-order valence-corrected chi connectivity index (χ3v) is 5.39. The first-order chi connectivity index (χ1) is 13.8. The third-order valence-electron chi connectivity index (χ3n) is 4.43. The van der Waals surface area contributed by atoms with E-state index in [0.29, 0.717) is 29.1 Å². The van der Waals surface area contributed by atoms with Gasteiger partial charge in [0.1, 0.15) is 5.82 Å². The summed E-state index contributed by atoms with van der Waals surface area (Å²) in [5.74, 6) is -0.0239. The Labute approximate surface area is 173 Å². The number of fused-ring (bicyclic) bond motifs is 1. The van der Waals surface area contributed by atoms with Crippen LogP contribution in [0.2, 0.25) is 0 Å². The molecular formula is C22H24FN3O2S. The van der Waals surface area contributed by atoms with Crippen molar-refractivity contribution in [2.75, 3.05) is 12.8 Å². The molecule has 0 spiro atoms.